The van der Waals surface area contributed by atoms with Gasteiger partial charge < -0.3 is 20.1 Å². The van der Waals surface area contributed by atoms with Crippen LogP contribution in [0.15, 0.2) is 6.20 Å². The summed E-state index contributed by atoms with van der Waals surface area (Å²) in [5.41, 5.74) is 6.92. The summed E-state index contributed by atoms with van der Waals surface area (Å²) in [6.45, 7) is 3.92. The van der Waals surface area contributed by atoms with Crippen molar-refractivity contribution in [1.29, 1.82) is 0 Å². The molecule has 0 aliphatic heterocycles. The highest BCUT2D eigenvalue weighted by Gasteiger charge is 2.14. The fraction of sp³-hybridized carbons (Fsp3) is 0.455. The van der Waals surface area contributed by atoms with Crippen molar-refractivity contribution in [2.24, 2.45) is 7.05 Å². The first-order valence-electron chi connectivity index (χ1n) is 5.43. The Hall–Kier alpha value is -1.82. The average Bonchev–Trinajstić information content (AvgIpc) is 2.68. The van der Waals surface area contributed by atoms with E-state index in [1.165, 1.54) is 7.11 Å². The largest absolute Gasteiger partial charge is 0.480 e. The highest BCUT2D eigenvalue weighted by Crippen LogP contribution is 2.27. The van der Waals surface area contributed by atoms with Crippen LogP contribution in [-0.4, -0.2) is 26.8 Å². The van der Waals surface area contributed by atoms with E-state index in [0.717, 1.165) is 5.56 Å². The van der Waals surface area contributed by atoms with Gasteiger partial charge in [0.1, 0.15) is 5.65 Å². The van der Waals surface area contributed by atoms with Crippen LogP contribution >= 0.6 is 0 Å². The van der Waals surface area contributed by atoms with E-state index in [-0.39, 0.29) is 12.6 Å². The minimum Gasteiger partial charge on any atom is -0.480 e. The third-order valence-corrected chi connectivity index (χ3v) is 2.24. The number of nitrogens with zero attached hydrogens (tertiary/aromatic N) is 3. The number of fused-ring (bicyclic) bond motifs is 1. The predicted molar refractivity (Wildman–Crippen MR) is 66.7 cm³/mol. The van der Waals surface area contributed by atoms with Gasteiger partial charge in [0, 0.05) is 18.8 Å². The first-order valence-corrected chi connectivity index (χ1v) is 5.43. The zero-order chi connectivity index (χ0) is 13.0. The number of anilines is 1. The lowest BCUT2D eigenvalue weighted by Crippen LogP contribution is -2.00. The molecule has 0 aliphatic carbocycles. The molecule has 2 aromatic rings. The summed E-state index contributed by atoms with van der Waals surface area (Å²) in [7, 11) is 3.34. The van der Waals surface area contributed by atoms with E-state index >= 15 is 0 Å². The number of aliphatic hydroxyl groups is 1. The zero-order valence-electron chi connectivity index (χ0n) is 10.6. The highest BCUT2D eigenvalue weighted by molar-refractivity contribution is 5.86. The van der Waals surface area contributed by atoms with E-state index < -0.39 is 0 Å². The molecule has 2 aromatic heterocycles. The Morgan fingerprint density at radius 1 is 1.41 bits per heavy atom. The maximum absolute atomic E-state index is 9.18. The standard InChI is InChI=1S/C9H12N4O2.C2H6/c1-13-3-5(4-14)6-7(13)11-9(10)12-8(6)15-2;1-2/h3,14H,4H2,1-2H3,(H2,10,11,12);1-2H3. The van der Waals surface area contributed by atoms with E-state index in [2.05, 4.69) is 9.97 Å². The van der Waals surface area contributed by atoms with Crippen LogP contribution in [0.5, 0.6) is 5.88 Å². The molecule has 94 valence electrons. The molecule has 6 nitrogen and oxygen atoms in total. The lowest BCUT2D eigenvalue weighted by atomic mass is 10.2. The molecule has 0 atom stereocenters. The van der Waals surface area contributed by atoms with Crippen LogP contribution in [0.4, 0.5) is 5.95 Å². The van der Waals surface area contributed by atoms with E-state index in [4.69, 9.17) is 10.5 Å². The van der Waals surface area contributed by atoms with Crippen LogP contribution in [0.3, 0.4) is 0 Å². The van der Waals surface area contributed by atoms with Gasteiger partial charge >= 0.3 is 0 Å². The summed E-state index contributed by atoms with van der Waals surface area (Å²) in [4.78, 5) is 8.05. The maximum atomic E-state index is 9.18. The smallest absolute Gasteiger partial charge is 0.228 e. The zero-order valence-corrected chi connectivity index (χ0v) is 10.6. The van der Waals surface area contributed by atoms with Crippen molar-refractivity contribution < 1.29 is 9.84 Å². The fourth-order valence-electron chi connectivity index (χ4n) is 1.61. The number of hydrogen-bond acceptors (Lipinski definition) is 5. The van der Waals surface area contributed by atoms with Gasteiger partial charge in [-0.1, -0.05) is 13.8 Å². The molecule has 0 amide bonds. The minimum atomic E-state index is -0.0824. The Bertz CT molecular complexity index is 508. The van der Waals surface area contributed by atoms with Gasteiger partial charge in [-0.3, -0.25) is 0 Å². The quantitative estimate of drug-likeness (QED) is 0.817. The number of nitrogens with two attached hydrogens (primary N) is 1. The monoisotopic (exact) mass is 238 g/mol. The van der Waals surface area contributed by atoms with Crippen molar-refractivity contribution in [3.63, 3.8) is 0 Å². The van der Waals surface area contributed by atoms with E-state index in [9.17, 15) is 5.11 Å². The molecule has 0 saturated carbocycles. The fourth-order valence-corrected chi connectivity index (χ4v) is 1.61. The molecule has 17 heavy (non-hydrogen) atoms. The second-order valence-electron chi connectivity index (χ2n) is 3.21. The molecule has 0 spiro atoms. The molecular weight excluding hydrogens is 220 g/mol. The van der Waals surface area contributed by atoms with Crippen LogP contribution in [0, 0.1) is 0 Å². The van der Waals surface area contributed by atoms with Crippen molar-refractivity contribution in [1.82, 2.24) is 14.5 Å². The van der Waals surface area contributed by atoms with Crippen LogP contribution < -0.4 is 10.5 Å². The van der Waals surface area contributed by atoms with Gasteiger partial charge in [-0.25, -0.2) is 0 Å². The average molecular weight is 238 g/mol. The SMILES string of the molecule is CC.COc1nc(N)nc2c1c(CO)cn2C. The van der Waals surface area contributed by atoms with Crippen molar-refractivity contribution in [2.75, 3.05) is 12.8 Å². The summed E-state index contributed by atoms with van der Waals surface area (Å²) in [6, 6.07) is 0. The second-order valence-corrected chi connectivity index (χ2v) is 3.21. The van der Waals surface area contributed by atoms with Gasteiger partial charge in [0.25, 0.3) is 0 Å². The molecule has 0 radical (unpaired) electrons. The van der Waals surface area contributed by atoms with Crippen LogP contribution in [-0.2, 0) is 13.7 Å². The maximum Gasteiger partial charge on any atom is 0.228 e. The van der Waals surface area contributed by atoms with Gasteiger partial charge in [0.2, 0.25) is 11.8 Å². The molecular formula is C11H18N4O2. The van der Waals surface area contributed by atoms with Crippen molar-refractivity contribution in [2.45, 2.75) is 20.5 Å². The van der Waals surface area contributed by atoms with Gasteiger partial charge in [0.15, 0.2) is 0 Å². The normalized spacial score (nSPS) is 9.94. The van der Waals surface area contributed by atoms with E-state index in [1.54, 1.807) is 10.8 Å². The topological polar surface area (TPSA) is 86.2 Å². The highest BCUT2D eigenvalue weighted by atomic mass is 16.5. The predicted octanol–water partition coefficient (Wildman–Crippen LogP) is 1.08. The first-order chi connectivity index (χ1) is 8.17. The van der Waals surface area contributed by atoms with E-state index in [0.29, 0.717) is 16.9 Å². The van der Waals surface area contributed by atoms with Crippen LogP contribution in [0.1, 0.15) is 19.4 Å². The Morgan fingerprint density at radius 2 is 2.06 bits per heavy atom. The Balaban J connectivity index is 0.000000686. The van der Waals surface area contributed by atoms with Gasteiger partial charge in [0.05, 0.1) is 19.1 Å². The Kier molecular flexibility index (Phi) is 4.28. The molecule has 0 aromatic carbocycles. The number of rotatable bonds is 2. The molecule has 6 heteroatoms. The minimum absolute atomic E-state index is 0.0824. The molecule has 2 heterocycles. The molecule has 3 N–H and O–H groups in total. The third kappa shape index (κ3) is 2.31. The Morgan fingerprint density at radius 3 is 2.59 bits per heavy atom. The van der Waals surface area contributed by atoms with Gasteiger partial charge in [-0.15, -0.1) is 0 Å². The Labute approximate surface area is 100 Å². The number of aromatic nitrogens is 3. The van der Waals surface area contributed by atoms with Crippen LogP contribution in [0.2, 0.25) is 0 Å². The van der Waals surface area contributed by atoms with Crippen molar-refractivity contribution in [3.8, 4) is 5.88 Å². The van der Waals surface area contributed by atoms with Crippen molar-refractivity contribution >= 4 is 17.0 Å². The number of hydrogen-bond donors (Lipinski definition) is 2. The molecule has 0 aliphatic rings. The number of nitrogen functional groups attached to an aromatic ring is 1. The molecule has 0 bridgehead atoms. The van der Waals surface area contributed by atoms with E-state index in [1.807, 2.05) is 20.9 Å². The summed E-state index contributed by atoms with van der Waals surface area (Å²) in [5.74, 6) is 0.548. The molecule has 0 saturated heterocycles. The van der Waals surface area contributed by atoms with Crippen molar-refractivity contribution in [3.05, 3.63) is 11.8 Å². The lowest BCUT2D eigenvalue weighted by molar-refractivity contribution is 0.282. The van der Waals surface area contributed by atoms with Gasteiger partial charge in [-0.2, -0.15) is 9.97 Å². The lowest BCUT2D eigenvalue weighted by Gasteiger charge is -2.03. The number of aliphatic hydroxyl groups excluding tert-OH is 1. The summed E-state index contributed by atoms with van der Waals surface area (Å²) in [6.07, 6.45) is 1.78. The summed E-state index contributed by atoms with van der Waals surface area (Å²) in [5, 5.41) is 9.89. The van der Waals surface area contributed by atoms with Gasteiger partial charge in [-0.05, 0) is 0 Å². The molecule has 0 unspecified atom stereocenters. The number of methoxy groups -OCH3 is 1. The molecule has 0 fully saturated rings. The molecule has 2 rings (SSSR count). The number of aryl methyl sites for hydroxylation is 1. The summed E-state index contributed by atoms with van der Waals surface area (Å²) < 4.78 is 6.89. The summed E-state index contributed by atoms with van der Waals surface area (Å²) >= 11 is 0. The second kappa shape index (κ2) is 5.49. The third-order valence-electron chi connectivity index (χ3n) is 2.24. The number of ether oxygens (including phenoxy) is 1. The van der Waals surface area contributed by atoms with Crippen LogP contribution in [0.25, 0.3) is 11.0 Å². The first kappa shape index (κ1) is 13.2.